The molecule has 0 saturated heterocycles. The largest absolute Gasteiger partial charge is 0.390 e. The van der Waals surface area contributed by atoms with Crippen LogP contribution in [0.1, 0.15) is 38.3 Å². The molecule has 6 nitrogen and oxygen atoms in total. The molecule has 160 valence electrons. The molecule has 1 heterocycles. The van der Waals surface area contributed by atoms with Gasteiger partial charge in [0.1, 0.15) is 0 Å². The molecule has 6 heteroatoms. The first-order valence-electron chi connectivity index (χ1n) is 10.3. The summed E-state index contributed by atoms with van der Waals surface area (Å²) in [5.74, 6) is 0. The molecule has 1 N–H and O–H groups in total. The van der Waals surface area contributed by atoms with E-state index >= 15 is 0 Å². The number of nitrogens with one attached hydrogen (secondary N) is 1. The second-order valence-electron chi connectivity index (χ2n) is 8.96. The molecular weight excluding hydrogens is 376 g/mol. The van der Waals surface area contributed by atoms with Gasteiger partial charge in [-0.25, -0.2) is 4.79 Å². The van der Waals surface area contributed by atoms with E-state index in [1.165, 1.54) is 0 Å². The highest BCUT2D eigenvalue weighted by molar-refractivity contribution is 6.01. The summed E-state index contributed by atoms with van der Waals surface area (Å²) in [6.45, 7) is 6.94. The lowest BCUT2D eigenvalue weighted by molar-refractivity contribution is 0.0580. The molecule has 3 rings (SSSR count). The molecule has 1 aliphatic rings. The lowest BCUT2D eigenvalue weighted by atomic mass is 10.0. The van der Waals surface area contributed by atoms with Crippen LogP contribution in [-0.2, 0) is 11.4 Å². The molecule has 0 saturated carbocycles. The van der Waals surface area contributed by atoms with Crippen molar-refractivity contribution < 1.29 is 9.63 Å². The first-order valence-corrected chi connectivity index (χ1v) is 10.3. The third-order valence-electron chi connectivity index (χ3n) is 4.86. The first kappa shape index (κ1) is 21.7. The van der Waals surface area contributed by atoms with Crippen molar-refractivity contribution in [1.82, 2.24) is 10.2 Å². The van der Waals surface area contributed by atoms with Gasteiger partial charge in [-0.05, 0) is 44.0 Å². The summed E-state index contributed by atoms with van der Waals surface area (Å²) >= 11 is 0. The van der Waals surface area contributed by atoms with Crippen molar-refractivity contribution in [3.05, 3.63) is 65.7 Å². The molecule has 0 fully saturated rings. The topological polar surface area (TPSA) is 57.2 Å². The van der Waals surface area contributed by atoms with Crippen LogP contribution < -0.4 is 10.2 Å². The summed E-state index contributed by atoms with van der Waals surface area (Å²) in [4.78, 5) is 22.5. The van der Waals surface area contributed by atoms with Crippen molar-refractivity contribution >= 4 is 17.4 Å². The zero-order chi connectivity index (χ0) is 21.7. The fourth-order valence-corrected chi connectivity index (χ4v) is 3.32. The van der Waals surface area contributed by atoms with Crippen LogP contribution in [0, 0.1) is 0 Å². The average molecular weight is 409 g/mol. The second-order valence-corrected chi connectivity index (χ2v) is 8.96. The minimum atomic E-state index is -0.307. The van der Waals surface area contributed by atoms with Crippen molar-refractivity contribution in [2.24, 2.45) is 5.16 Å². The smallest absolute Gasteiger partial charge is 0.318 e. The van der Waals surface area contributed by atoms with E-state index in [0.717, 1.165) is 22.5 Å². The Kier molecular flexibility index (Phi) is 6.65. The quantitative estimate of drug-likeness (QED) is 0.777. The SMILES string of the molecule is CN(C)c1ccc(C2=NO[C@H](CN(Cc3ccccc3)C(=O)NC(C)(C)C)C2)cc1. The summed E-state index contributed by atoms with van der Waals surface area (Å²) in [5, 5.41) is 7.36. The molecule has 0 radical (unpaired) electrons. The third kappa shape index (κ3) is 5.99. The van der Waals surface area contributed by atoms with E-state index in [9.17, 15) is 4.79 Å². The number of benzene rings is 2. The molecule has 2 amide bonds. The molecule has 0 aromatic heterocycles. The van der Waals surface area contributed by atoms with Crippen LogP contribution in [-0.4, -0.2) is 48.9 Å². The summed E-state index contributed by atoms with van der Waals surface area (Å²) in [6, 6.07) is 18.2. The molecular formula is C24H32N4O2. The molecule has 30 heavy (non-hydrogen) atoms. The fourth-order valence-electron chi connectivity index (χ4n) is 3.32. The lowest BCUT2D eigenvalue weighted by Crippen LogP contribution is -2.50. The number of carbonyl (C=O) groups is 1. The van der Waals surface area contributed by atoms with Crippen molar-refractivity contribution in [3.63, 3.8) is 0 Å². The minimum absolute atomic E-state index is 0.0984. The number of anilines is 1. The van der Waals surface area contributed by atoms with Crippen molar-refractivity contribution in [1.29, 1.82) is 0 Å². The van der Waals surface area contributed by atoms with Crippen LogP contribution in [0.5, 0.6) is 0 Å². The van der Waals surface area contributed by atoms with Gasteiger partial charge in [-0.15, -0.1) is 0 Å². The lowest BCUT2D eigenvalue weighted by Gasteiger charge is -2.29. The van der Waals surface area contributed by atoms with Gasteiger partial charge >= 0.3 is 6.03 Å². The zero-order valence-corrected chi connectivity index (χ0v) is 18.6. The highest BCUT2D eigenvalue weighted by Gasteiger charge is 2.28. The van der Waals surface area contributed by atoms with Crippen LogP contribution in [0.3, 0.4) is 0 Å². The Labute approximate surface area is 179 Å². The number of nitrogens with zero attached hydrogens (tertiary/aromatic N) is 3. The third-order valence-corrected chi connectivity index (χ3v) is 4.86. The monoisotopic (exact) mass is 408 g/mol. The van der Waals surface area contributed by atoms with E-state index < -0.39 is 0 Å². The number of hydrogen-bond acceptors (Lipinski definition) is 4. The molecule has 2 aromatic carbocycles. The minimum Gasteiger partial charge on any atom is -0.390 e. The van der Waals surface area contributed by atoms with Crippen LogP contribution in [0.4, 0.5) is 10.5 Å². The Bertz CT molecular complexity index is 870. The number of rotatable bonds is 6. The standard InChI is InChI=1S/C24H32N4O2/c1-24(2,3)25-23(29)28(16-18-9-7-6-8-10-18)17-21-15-22(26-30-21)19-11-13-20(14-12-19)27(4)5/h6-14,21H,15-17H2,1-5H3,(H,25,29)/t21-/m0/s1. The number of urea groups is 1. The maximum atomic E-state index is 12.9. The first-order chi connectivity index (χ1) is 14.2. The van der Waals surface area contributed by atoms with Gasteiger partial charge in [-0.3, -0.25) is 0 Å². The molecule has 1 aliphatic heterocycles. The predicted molar refractivity (Wildman–Crippen MR) is 122 cm³/mol. The number of hydrogen-bond donors (Lipinski definition) is 1. The van der Waals surface area contributed by atoms with E-state index in [4.69, 9.17) is 4.84 Å². The second kappa shape index (κ2) is 9.20. The zero-order valence-electron chi connectivity index (χ0n) is 18.6. The van der Waals surface area contributed by atoms with Crippen molar-refractivity contribution in [2.75, 3.05) is 25.5 Å². The Hall–Kier alpha value is -3.02. The Morgan fingerprint density at radius 2 is 1.77 bits per heavy atom. The summed E-state index contributed by atoms with van der Waals surface area (Å²) in [6.07, 6.45) is 0.512. The van der Waals surface area contributed by atoms with Gasteiger partial charge in [0.2, 0.25) is 0 Å². The summed E-state index contributed by atoms with van der Waals surface area (Å²) < 4.78 is 0. The van der Waals surface area contributed by atoms with Gasteiger partial charge in [0.15, 0.2) is 6.10 Å². The van der Waals surface area contributed by atoms with E-state index in [-0.39, 0.29) is 17.7 Å². The van der Waals surface area contributed by atoms with Crippen molar-refractivity contribution in [3.8, 4) is 0 Å². The number of amides is 2. The van der Waals surface area contributed by atoms with Crippen molar-refractivity contribution in [2.45, 2.75) is 45.4 Å². The summed E-state index contributed by atoms with van der Waals surface area (Å²) in [7, 11) is 4.04. The molecule has 2 aromatic rings. The average Bonchev–Trinajstić information content (AvgIpc) is 3.15. The highest BCUT2D eigenvalue weighted by Crippen LogP contribution is 2.21. The van der Waals surface area contributed by atoms with Crippen LogP contribution in [0.25, 0.3) is 0 Å². The highest BCUT2D eigenvalue weighted by atomic mass is 16.6. The molecule has 0 spiro atoms. The number of carbonyl (C=O) groups excluding carboxylic acids is 1. The van der Waals surface area contributed by atoms with Gasteiger partial charge < -0.3 is 20.0 Å². The van der Waals surface area contributed by atoms with E-state index in [2.05, 4.69) is 39.6 Å². The number of oxime groups is 1. The Morgan fingerprint density at radius 1 is 1.10 bits per heavy atom. The molecule has 1 atom stereocenters. The maximum absolute atomic E-state index is 12.9. The van der Waals surface area contributed by atoms with E-state index in [0.29, 0.717) is 19.5 Å². The van der Waals surface area contributed by atoms with E-state index in [1.54, 1.807) is 4.90 Å². The maximum Gasteiger partial charge on any atom is 0.318 e. The van der Waals surface area contributed by atoms with Gasteiger partial charge in [0.25, 0.3) is 0 Å². The van der Waals surface area contributed by atoms with Crippen LogP contribution in [0.2, 0.25) is 0 Å². The molecule has 0 unspecified atom stereocenters. The predicted octanol–water partition coefficient (Wildman–Crippen LogP) is 4.26. The Morgan fingerprint density at radius 3 is 2.37 bits per heavy atom. The molecule has 0 bridgehead atoms. The van der Waals surface area contributed by atoms with Crippen LogP contribution >= 0.6 is 0 Å². The van der Waals surface area contributed by atoms with Gasteiger partial charge in [-0.1, -0.05) is 47.6 Å². The van der Waals surface area contributed by atoms with Gasteiger partial charge in [0.05, 0.1) is 12.3 Å². The molecule has 0 aliphatic carbocycles. The normalized spacial score (nSPS) is 15.9. The van der Waals surface area contributed by atoms with Gasteiger partial charge in [-0.2, -0.15) is 0 Å². The Balaban J connectivity index is 1.66. The van der Waals surface area contributed by atoms with E-state index in [1.807, 2.05) is 65.2 Å². The summed E-state index contributed by atoms with van der Waals surface area (Å²) in [5.41, 5.74) is 3.89. The fraction of sp³-hybridized carbons (Fsp3) is 0.417. The van der Waals surface area contributed by atoms with Crippen LogP contribution in [0.15, 0.2) is 59.8 Å². The van der Waals surface area contributed by atoms with Gasteiger partial charge in [0, 0.05) is 38.3 Å².